The Hall–Kier alpha value is -2.82. The van der Waals surface area contributed by atoms with Crippen molar-refractivity contribution >= 4 is 17.5 Å². The van der Waals surface area contributed by atoms with E-state index in [4.69, 9.17) is 0 Å². The standard InChI is InChI=1S/C24H29N3O2/c1-3-26-21-15-19(23(28)25-16-18-9-7-8-17(2)14-18)11-12-20(21)24(29)27-13-6-4-5-10-22(26)27/h7-9,11-12,14-15,22H,3-6,10,13,16H2,1-2H3,(H,25,28)/t22-/m1/s1. The van der Waals surface area contributed by atoms with Gasteiger partial charge in [-0.1, -0.05) is 36.2 Å². The summed E-state index contributed by atoms with van der Waals surface area (Å²) in [5.41, 5.74) is 4.46. The maximum absolute atomic E-state index is 13.1. The van der Waals surface area contributed by atoms with E-state index in [9.17, 15) is 9.59 Å². The smallest absolute Gasteiger partial charge is 0.257 e. The molecule has 1 N–H and O–H groups in total. The van der Waals surface area contributed by atoms with E-state index >= 15 is 0 Å². The zero-order chi connectivity index (χ0) is 20.4. The van der Waals surface area contributed by atoms with Crippen molar-refractivity contribution in [1.82, 2.24) is 10.2 Å². The Bertz CT molecular complexity index is 924. The number of carbonyl (C=O) groups excluding carboxylic acids is 2. The second-order valence-electron chi connectivity index (χ2n) is 8.02. The number of hydrogen-bond donors (Lipinski definition) is 1. The van der Waals surface area contributed by atoms with Crippen LogP contribution in [0.1, 0.15) is 64.4 Å². The molecule has 0 bridgehead atoms. The van der Waals surface area contributed by atoms with Crippen molar-refractivity contribution in [2.45, 2.75) is 52.2 Å². The largest absolute Gasteiger partial charge is 0.351 e. The lowest BCUT2D eigenvalue weighted by atomic mass is 10.0. The number of nitrogens with zero attached hydrogens (tertiary/aromatic N) is 2. The molecule has 2 aliphatic heterocycles. The predicted octanol–water partition coefficient (Wildman–Crippen LogP) is 4.11. The molecule has 2 aromatic rings. The number of benzene rings is 2. The molecule has 1 fully saturated rings. The van der Waals surface area contributed by atoms with Crippen LogP contribution in [0.25, 0.3) is 0 Å². The van der Waals surface area contributed by atoms with Crippen molar-refractivity contribution in [2.24, 2.45) is 0 Å². The fraction of sp³-hybridized carbons (Fsp3) is 0.417. The van der Waals surface area contributed by atoms with Crippen LogP contribution in [0.15, 0.2) is 42.5 Å². The Morgan fingerprint density at radius 2 is 2.00 bits per heavy atom. The highest BCUT2D eigenvalue weighted by Gasteiger charge is 2.37. The van der Waals surface area contributed by atoms with E-state index in [1.54, 1.807) is 6.07 Å². The van der Waals surface area contributed by atoms with Crippen LogP contribution in [-0.2, 0) is 6.54 Å². The van der Waals surface area contributed by atoms with Crippen LogP contribution in [0.4, 0.5) is 5.69 Å². The number of aryl methyl sites for hydroxylation is 1. The van der Waals surface area contributed by atoms with Gasteiger partial charge in [-0.3, -0.25) is 9.59 Å². The summed E-state index contributed by atoms with van der Waals surface area (Å²) in [4.78, 5) is 30.2. The Balaban J connectivity index is 1.58. The average molecular weight is 392 g/mol. The van der Waals surface area contributed by atoms with Crippen molar-refractivity contribution in [3.63, 3.8) is 0 Å². The summed E-state index contributed by atoms with van der Waals surface area (Å²) in [5.74, 6) is -0.00979. The number of hydrogen-bond acceptors (Lipinski definition) is 3. The maximum Gasteiger partial charge on any atom is 0.257 e. The SMILES string of the molecule is CCN1c2cc(C(=O)NCc3cccc(C)c3)ccc2C(=O)N2CCCCC[C@@H]21. The number of carbonyl (C=O) groups is 2. The molecule has 4 rings (SSSR count). The highest BCUT2D eigenvalue weighted by atomic mass is 16.2. The van der Waals surface area contributed by atoms with Crippen molar-refractivity contribution in [2.75, 3.05) is 18.0 Å². The molecule has 0 spiro atoms. The van der Waals surface area contributed by atoms with Gasteiger partial charge in [0.1, 0.15) is 6.17 Å². The molecule has 0 aliphatic carbocycles. The first kappa shape index (κ1) is 19.5. The summed E-state index contributed by atoms with van der Waals surface area (Å²) in [6, 6.07) is 13.6. The van der Waals surface area contributed by atoms with Gasteiger partial charge in [0.15, 0.2) is 0 Å². The van der Waals surface area contributed by atoms with E-state index in [0.717, 1.165) is 43.6 Å². The highest BCUT2D eigenvalue weighted by Crippen LogP contribution is 2.35. The lowest BCUT2D eigenvalue weighted by molar-refractivity contribution is 0.0656. The Kier molecular flexibility index (Phi) is 5.56. The molecule has 5 heteroatoms. The molecule has 0 radical (unpaired) electrons. The molecule has 0 saturated carbocycles. The molecule has 2 aliphatic rings. The van der Waals surface area contributed by atoms with Gasteiger partial charge in [-0.25, -0.2) is 0 Å². The Morgan fingerprint density at radius 3 is 2.79 bits per heavy atom. The van der Waals surface area contributed by atoms with Gasteiger partial charge in [-0.15, -0.1) is 0 Å². The molecule has 2 heterocycles. The quantitative estimate of drug-likeness (QED) is 0.853. The number of anilines is 1. The number of rotatable bonds is 4. The van der Waals surface area contributed by atoms with Crippen molar-refractivity contribution in [1.29, 1.82) is 0 Å². The van der Waals surface area contributed by atoms with Gasteiger partial charge in [0.2, 0.25) is 0 Å². The van der Waals surface area contributed by atoms with E-state index in [0.29, 0.717) is 17.7 Å². The van der Waals surface area contributed by atoms with Crippen molar-refractivity contribution in [3.05, 3.63) is 64.7 Å². The first-order valence-corrected chi connectivity index (χ1v) is 10.6. The Morgan fingerprint density at radius 1 is 1.14 bits per heavy atom. The summed E-state index contributed by atoms with van der Waals surface area (Å²) in [6.07, 6.45) is 4.46. The molecular weight excluding hydrogens is 362 g/mol. The maximum atomic E-state index is 13.1. The summed E-state index contributed by atoms with van der Waals surface area (Å²) < 4.78 is 0. The van der Waals surface area contributed by atoms with Gasteiger partial charge in [0.25, 0.3) is 11.8 Å². The van der Waals surface area contributed by atoms with Gasteiger partial charge in [0, 0.05) is 25.2 Å². The van der Waals surface area contributed by atoms with Crippen LogP contribution in [0.5, 0.6) is 0 Å². The zero-order valence-electron chi connectivity index (χ0n) is 17.3. The van der Waals surface area contributed by atoms with Crippen molar-refractivity contribution < 1.29 is 9.59 Å². The lowest BCUT2D eigenvalue weighted by Gasteiger charge is -2.44. The fourth-order valence-electron chi connectivity index (χ4n) is 4.55. The number of amides is 2. The first-order chi connectivity index (χ1) is 14.1. The molecule has 1 saturated heterocycles. The zero-order valence-corrected chi connectivity index (χ0v) is 17.3. The van der Waals surface area contributed by atoms with E-state index < -0.39 is 0 Å². The summed E-state index contributed by atoms with van der Waals surface area (Å²) in [5, 5.41) is 3.01. The molecule has 1 atom stereocenters. The third kappa shape index (κ3) is 3.86. The third-order valence-corrected chi connectivity index (χ3v) is 6.02. The van der Waals surface area contributed by atoms with Crippen LogP contribution in [0.2, 0.25) is 0 Å². The summed E-state index contributed by atoms with van der Waals surface area (Å²) in [7, 11) is 0. The molecular formula is C24H29N3O2. The average Bonchev–Trinajstić information content (AvgIpc) is 2.98. The van der Waals surface area contributed by atoms with Gasteiger partial charge < -0.3 is 15.1 Å². The second kappa shape index (κ2) is 8.27. The van der Waals surface area contributed by atoms with E-state index in [-0.39, 0.29) is 18.0 Å². The topological polar surface area (TPSA) is 52.7 Å². The first-order valence-electron chi connectivity index (χ1n) is 10.6. The van der Waals surface area contributed by atoms with Gasteiger partial charge >= 0.3 is 0 Å². The van der Waals surface area contributed by atoms with E-state index in [1.165, 1.54) is 12.0 Å². The number of fused-ring (bicyclic) bond motifs is 2. The monoisotopic (exact) mass is 391 g/mol. The van der Waals surface area contributed by atoms with Crippen LogP contribution in [0.3, 0.4) is 0 Å². The predicted molar refractivity (Wildman–Crippen MR) is 115 cm³/mol. The third-order valence-electron chi connectivity index (χ3n) is 6.02. The molecule has 2 amide bonds. The Labute approximate surface area is 172 Å². The molecule has 152 valence electrons. The minimum absolute atomic E-state index is 0.100. The minimum atomic E-state index is -0.110. The normalized spacial score (nSPS) is 18.7. The summed E-state index contributed by atoms with van der Waals surface area (Å²) in [6.45, 7) is 6.29. The fourth-order valence-corrected chi connectivity index (χ4v) is 4.55. The molecule has 0 unspecified atom stereocenters. The second-order valence-corrected chi connectivity index (χ2v) is 8.02. The van der Waals surface area contributed by atoms with Crippen LogP contribution < -0.4 is 10.2 Å². The minimum Gasteiger partial charge on any atom is -0.351 e. The highest BCUT2D eigenvalue weighted by molar-refractivity contribution is 6.04. The van der Waals surface area contributed by atoms with Crippen molar-refractivity contribution in [3.8, 4) is 0 Å². The van der Waals surface area contributed by atoms with E-state index in [1.807, 2.05) is 42.2 Å². The molecule has 0 aromatic heterocycles. The molecule has 29 heavy (non-hydrogen) atoms. The van der Waals surface area contributed by atoms with Gasteiger partial charge in [-0.05, 0) is 56.9 Å². The van der Waals surface area contributed by atoms with E-state index in [2.05, 4.69) is 23.2 Å². The molecule has 2 aromatic carbocycles. The summed E-state index contributed by atoms with van der Waals surface area (Å²) >= 11 is 0. The number of nitrogens with one attached hydrogen (secondary N) is 1. The van der Waals surface area contributed by atoms with Crippen LogP contribution in [0, 0.1) is 6.92 Å². The van der Waals surface area contributed by atoms with Gasteiger partial charge in [-0.2, -0.15) is 0 Å². The van der Waals surface area contributed by atoms with Gasteiger partial charge in [0.05, 0.1) is 11.3 Å². The van der Waals surface area contributed by atoms with Crippen LogP contribution in [-0.4, -0.2) is 36.0 Å². The lowest BCUT2D eigenvalue weighted by Crippen LogP contribution is -2.55. The molecule has 5 nitrogen and oxygen atoms in total. The van der Waals surface area contributed by atoms with Crippen LogP contribution >= 0.6 is 0 Å².